The van der Waals surface area contributed by atoms with Gasteiger partial charge in [-0.25, -0.2) is 5.14 Å². The fourth-order valence-corrected chi connectivity index (χ4v) is 3.23. The van der Waals surface area contributed by atoms with E-state index in [9.17, 15) is 8.42 Å². The third-order valence-corrected chi connectivity index (χ3v) is 4.22. The molecule has 0 amide bonds. The molecule has 64 valence electrons. The van der Waals surface area contributed by atoms with Crippen molar-refractivity contribution in [2.24, 2.45) is 10.9 Å². The maximum absolute atomic E-state index is 10.7. The lowest BCUT2D eigenvalue weighted by molar-refractivity contribution is 0.491. The molecule has 0 aromatic carbocycles. The molecular formula is C2H5IN4O2S2. The van der Waals surface area contributed by atoms with Crippen LogP contribution >= 0.6 is 34.5 Å². The van der Waals surface area contributed by atoms with Gasteiger partial charge in [0.15, 0.2) is 0 Å². The molecule has 0 saturated carbocycles. The molecule has 0 saturated heterocycles. The first-order valence-corrected chi connectivity index (χ1v) is 5.73. The average molecular weight is 308 g/mol. The fraction of sp³-hybridized carbons (Fsp3) is 0. The van der Waals surface area contributed by atoms with Gasteiger partial charge in [0.05, 0.1) is 0 Å². The number of hydrazine groups is 1. The molecule has 6 nitrogen and oxygen atoms in total. The summed E-state index contributed by atoms with van der Waals surface area (Å²) in [6, 6.07) is 0. The molecular weight excluding hydrogens is 303 g/mol. The summed E-state index contributed by atoms with van der Waals surface area (Å²) in [5, 5.41) is 5.21. The van der Waals surface area contributed by atoms with Crippen LogP contribution < -0.4 is 15.7 Å². The van der Waals surface area contributed by atoms with Gasteiger partial charge in [-0.15, -0.1) is 0 Å². The highest BCUT2D eigenvalue weighted by atomic mass is 127. The van der Waals surface area contributed by atoms with Gasteiger partial charge in [-0.1, -0.05) is 0 Å². The number of nitrogens with zero attached hydrogens (tertiary/aromatic N) is 1. The van der Waals surface area contributed by atoms with Crippen LogP contribution in [0.25, 0.3) is 0 Å². The van der Waals surface area contributed by atoms with Crippen molar-refractivity contribution in [3.63, 3.8) is 0 Å². The topological polar surface area (TPSA) is 101 Å². The van der Waals surface area contributed by atoms with Gasteiger partial charge >= 0.3 is 10.2 Å². The van der Waals surface area contributed by atoms with Gasteiger partial charge in [0.2, 0.25) is 0 Å². The number of rotatable bonds is 1. The zero-order valence-electron chi connectivity index (χ0n) is 5.11. The molecule has 0 spiro atoms. The average Bonchev–Trinajstić information content (AvgIpc) is 2.11. The Bertz CT molecular complexity index is 297. The first kappa shape index (κ1) is 9.38. The second kappa shape index (κ2) is 2.97. The molecule has 0 unspecified atom stereocenters. The molecule has 0 bridgehead atoms. The van der Waals surface area contributed by atoms with E-state index in [1.807, 2.05) is 0 Å². The summed E-state index contributed by atoms with van der Waals surface area (Å²) in [6.45, 7) is 0. The van der Waals surface area contributed by atoms with E-state index in [1.165, 1.54) is 0 Å². The molecule has 0 fully saturated rings. The number of halogens is 1. The summed E-state index contributed by atoms with van der Waals surface area (Å²) in [5.41, 5.74) is 5.38. The van der Waals surface area contributed by atoms with Crippen LogP contribution in [0.1, 0.15) is 0 Å². The highest BCUT2D eigenvalue weighted by Gasteiger charge is 2.27. The molecule has 1 rings (SSSR count). The van der Waals surface area contributed by atoms with Crippen LogP contribution in [-0.4, -0.2) is 12.8 Å². The normalized spacial score (nSPS) is 19.6. The Hall–Kier alpha value is 0.290. The summed E-state index contributed by atoms with van der Waals surface area (Å²) in [7, 11) is -3.73. The van der Waals surface area contributed by atoms with Crippen LogP contribution in [0.15, 0.2) is 8.73 Å². The van der Waals surface area contributed by atoms with Crippen LogP contribution in [0.5, 0.6) is 0 Å². The number of nitrogens with two attached hydrogens (primary N) is 2. The van der Waals surface area contributed by atoms with Gasteiger partial charge in [0, 0.05) is 0 Å². The van der Waals surface area contributed by atoms with Crippen molar-refractivity contribution in [3.8, 4) is 0 Å². The smallest absolute Gasteiger partial charge is 0.313 e. The first-order valence-electron chi connectivity index (χ1n) is 2.33. The molecule has 11 heavy (non-hydrogen) atoms. The standard InChI is InChI=1S/C2H5IN4O2S2/c3-1-2(4)10-6-7(1)11(5,8)9/h6H,4H2,(H2,5,8,9). The summed E-state index contributed by atoms with van der Waals surface area (Å²) in [4.78, 5) is 2.43. The summed E-state index contributed by atoms with van der Waals surface area (Å²) in [6.07, 6.45) is 0. The lowest BCUT2D eigenvalue weighted by Crippen LogP contribution is -2.38. The molecule has 0 aromatic rings. The maximum Gasteiger partial charge on any atom is 0.313 e. The van der Waals surface area contributed by atoms with Crippen LogP contribution in [0, 0.1) is 0 Å². The summed E-state index contributed by atoms with van der Waals surface area (Å²) < 4.78 is 22.6. The van der Waals surface area contributed by atoms with Crippen molar-refractivity contribution in [1.29, 1.82) is 0 Å². The van der Waals surface area contributed by atoms with E-state index in [2.05, 4.69) is 4.83 Å². The quantitative estimate of drug-likeness (QED) is 0.334. The predicted molar refractivity (Wildman–Crippen MR) is 50.9 cm³/mol. The minimum atomic E-state index is -3.73. The molecule has 5 N–H and O–H groups in total. The van der Waals surface area contributed by atoms with E-state index >= 15 is 0 Å². The molecule has 9 heteroatoms. The molecule has 0 aromatic heterocycles. The third kappa shape index (κ3) is 1.90. The lowest BCUT2D eigenvalue weighted by atomic mass is 10.9. The third-order valence-electron chi connectivity index (χ3n) is 0.875. The highest BCUT2D eigenvalue weighted by Crippen LogP contribution is 2.28. The number of hydrogen-bond acceptors (Lipinski definition) is 5. The minimum absolute atomic E-state index is 0.370. The summed E-state index contributed by atoms with van der Waals surface area (Å²) >= 11 is 2.79. The molecule has 1 heterocycles. The van der Waals surface area contributed by atoms with Crippen LogP contribution in [0.3, 0.4) is 0 Å². The monoisotopic (exact) mass is 308 g/mol. The Morgan fingerprint density at radius 3 is 2.36 bits per heavy atom. The van der Waals surface area contributed by atoms with Crippen LogP contribution in [0.4, 0.5) is 0 Å². The zero-order valence-corrected chi connectivity index (χ0v) is 8.90. The Balaban J connectivity index is 2.98. The highest BCUT2D eigenvalue weighted by molar-refractivity contribution is 14.1. The van der Waals surface area contributed by atoms with Gasteiger partial charge in [-0.3, -0.25) is 0 Å². The molecule has 1 aliphatic rings. The van der Waals surface area contributed by atoms with Crippen molar-refractivity contribution in [2.75, 3.05) is 0 Å². The first-order chi connectivity index (χ1) is 4.93. The molecule has 0 atom stereocenters. The second-order valence-electron chi connectivity index (χ2n) is 1.66. The molecule has 0 aliphatic carbocycles. The predicted octanol–water partition coefficient (Wildman–Crippen LogP) is -0.821. The van der Waals surface area contributed by atoms with E-state index in [-0.39, 0.29) is 0 Å². The van der Waals surface area contributed by atoms with E-state index in [0.29, 0.717) is 8.73 Å². The SMILES string of the molecule is NC1=C(I)N(S(N)(=O)=O)NS1. The van der Waals surface area contributed by atoms with Crippen molar-refractivity contribution in [1.82, 2.24) is 9.25 Å². The lowest BCUT2D eigenvalue weighted by Gasteiger charge is -2.12. The Morgan fingerprint density at radius 2 is 2.18 bits per heavy atom. The number of hydrogen-bond donors (Lipinski definition) is 3. The van der Waals surface area contributed by atoms with Gasteiger partial charge in [0.1, 0.15) is 8.73 Å². The van der Waals surface area contributed by atoms with Gasteiger partial charge in [0.25, 0.3) is 0 Å². The van der Waals surface area contributed by atoms with Gasteiger partial charge in [-0.2, -0.15) is 17.7 Å². The van der Waals surface area contributed by atoms with Crippen molar-refractivity contribution in [3.05, 3.63) is 8.73 Å². The Morgan fingerprint density at radius 1 is 1.64 bits per heavy atom. The molecule has 0 radical (unpaired) electrons. The van der Waals surface area contributed by atoms with E-state index in [4.69, 9.17) is 10.9 Å². The van der Waals surface area contributed by atoms with Crippen molar-refractivity contribution >= 4 is 44.7 Å². The van der Waals surface area contributed by atoms with Crippen LogP contribution in [-0.2, 0) is 10.2 Å². The Kier molecular flexibility index (Phi) is 2.53. The van der Waals surface area contributed by atoms with E-state index in [1.54, 1.807) is 22.6 Å². The fourth-order valence-electron chi connectivity index (χ4n) is 0.437. The van der Waals surface area contributed by atoms with Gasteiger partial charge in [-0.05, 0) is 34.5 Å². The van der Waals surface area contributed by atoms with Crippen molar-refractivity contribution in [2.45, 2.75) is 0 Å². The minimum Gasteiger partial charge on any atom is -0.390 e. The number of nitrogens with one attached hydrogen (secondary N) is 1. The van der Waals surface area contributed by atoms with E-state index in [0.717, 1.165) is 16.4 Å². The van der Waals surface area contributed by atoms with Crippen LogP contribution in [0.2, 0.25) is 0 Å². The van der Waals surface area contributed by atoms with Gasteiger partial charge < -0.3 is 5.73 Å². The summed E-state index contributed by atoms with van der Waals surface area (Å²) in [5.74, 6) is 0. The maximum atomic E-state index is 10.7. The zero-order chi connectivity index (χ0) is 8.65. The largest absolute Gasteiger partial charge is 0.390 e. The molecule has 1 aliphatic heterocycles. The van der Waals surface area contributed by atoms with Crippen molar-refractivity contribution < 1.29 is 8.42 Å². The Labute approximate surface area is 81.8 Å². The van der Waals surface area contributed by atoms with E-state index < -0.39 is 10.2 Å². The second-order valence-corrected chi connectivity index (χ2v) is 4.90.